The molecular formula is C29H49N7O9. The summed E-state index contributed by atoms with van der Waals surface area (Å²) in [6.07, 6.45) is 0.206. The first kappa shape index (κ1) is 37.4. The SMILES string of the molecule is CC(C)C[C@H](NC(=O)[C@H](CC(N)=O)NC(=O)[C@@H](NC(=O)[C@@H]1CCCN1C(=O)[C@@H](NC(=O)[C@@H]1CCCN1)C(C)C)[C@@H](C)O)C(=O)O. The second-order valence-corrected chi connectivity index (χ2v) is 12.6. The van der Waals surface area contributed by atoms with Gasteiger partial charge >= 0.3 is 5.97 Å². The Balaban J connectivity index is 2.16. The number of primary amides is 1. The molecule has 2 heterocycles. The molecule has 2 aliphatic rings. The third-order valence-electron chi connectivity index (χ3n) is 7.87. The zero-order valence-electron chi connectivity index (χ0n) is 26.6. The van der Waals surface area contributed by atoms with Gasteiger partial charge in [-0.15, -0.1) is 0 Å². The average molecular weight is 640 g/mol. The number of amides is 6. The summed E-state index contributed by atoms with van der Waals surface area (Å²) in [7, 11) is 0. The number of hydrogen-bond acceptors (Lipinski definition) is 9. The van der Waals surface area contributed by atoms with E-state index in [0.29, 0.717) is 19.4 Å². The summed E-state index contributed by atoms with van der Waals surface area (Å²) in [4.78, 5) is 90.5. The van der Waals surface area contributed by atoms with Crippen molar-refractivity contribution < 1.29 is 43.8 Å². The Labute approximate surface area is 263 Å². The molecule has 2 saturated heterocycles. The van der Waals surface area contributed by atoms with Crippen LogP contribution in [0.3, 0.4) is 0 Å². The number of hydrogen-bond donors (Lipinski definition) is 8. The molecule has 0 aromatic heterocycles. The van der Waals surface area contributed by atoms with Gasteiger partial charge in [0.2, 0.25) is 35.4 Å². The molecule has 0 aromatic carbocycles. The maximum Gasteiger partial charge on any atom is 0.326 e. The average Bonchev–Trinajstić information content (AvgIpc) is 3.65. The predicted octanol–water partition coefficient (Wildman–Crippen LogP) is -2.29. The largest absolute Gasteiger partial charge is 0.480 e. The zero-order chi connectivity index (χ0) is 34.0. The molecule has 9 N–H and O–H groups in total. The number of carboxylic acid groups (broad SMARTS) is 1. The lowest BCUT2D eigenvalue weighted by molar-refractivity contribution is -0.144. The van der Waals surface area contributed by atoms with Crippen LogP contribution in [0.25, 0.3) is 0 Å². The predicted molar refractivity (Wildman–Crippen MR) is 161 cm³/mol. The molecule has 2 rings (SSSR count). The number of likely N-dealkylation sites (tertiary alicyclic amines) is 1. The van der Waals surface area contributed by atoms with Crippen LogP contribution in [-0.4, -0.2) is 112 Å². The molecule has 254 valence electrons. The molecule has 6 amide bonds. The van der Waals surface area contributed by atoms with Gasteiger partial charge in [-0.05, 0) is 57.4 Å². The van der Waals surface area contributed by atoms with Crippen molar-refractivity contribution in [1.29, 1.82) is 0 Å². The highest BCUT2D eigenvalue weighted by Crippen LogP contribution is 2.21. The van der Waals surface area contributed by atoms with Crippen LogP contribution in [0.1, 0.15) is 73.1 Å². The molecule has 0 saturated carbocycles. The molecule has 2 aliphatic heterocycles. The molecule has 0 aromatic rings. The Morgan fingerprint density at radius 1 is 0.844 bits per heavy atom. The van der Waals surface area contributed by atoms with Crippen molar-refractivity contribution in [3.63, 3.8) is 0 Å². The molecule has 0 radical (unpaired) electrons. The fourth-order valence-electron chi connectivity index (χ4n) is 5.45. The van der Waals surface area contributed by atoms with E-state index in [9.17, 15) is 43.8 Å². The first-order valence-electron chi connectivity index (χ1n) is 15.5. The van der Waals surface area contributed by atoms with Gasteiger partial charge in [-0.2, -0.15) is 0 Å². The van der Waals surface area contributed by atoms with Crippen molar-refractivity contribution >= 4 is 41.4 Å². The van der Waals surface area contributed by atoms with Crippen molar-refractivity contribution in [2.75, 3.05) is 13.1 Å². The Hall–Kier alpha value is -3.79. The van der Waals surface area contributed by atoms with E-state index in [-0.39, 0.29) is 37.1 Å². The monoisotopic (exact) mass is 639 g/mol. The van der Waals surface area contributed by atoms with Crippen molar-refractivity contribution in [2.24, 2.45) is 17.6 Å². The quantitative estimate of drug-likeness (QED) is 0.0898. The summed E-state index contributed by atoms with van der Waals surface area (Å²) in [5, 5.41) is 32.8. The van der Waals surface area contributed by atoms with Crippen LogP contribution in [0, 0.1) is 11.8 Å². The van der Waals surface area contributed by atoms with Crippen LogP contribution in [0.15, 0.2) is 0 Å². The van der Waals surface area contributed by atoms with Gasteiger partial charge in [0.05, 0.1) is 18.6 Å². The fraction of sp³-hybridized carbons (Fsp3) is 0.759. The first-order chi connectivity index (χ1) is 21.0. The number of carbonyl (C=O) groups excluding carboxylic acids is 6. The molecule has 45 heavy (non-hydrogen) atoms. The molecule has 0 bridgehead atoms. The Morgan fingerprint density at radius 2 is 1.47 bits per heavy atom. The summed E-state index contributed by atoms with van der Waals surface area (Å²) >= 11 is 0. The van der Waals surface area contributed by atoms with Gasteiger partial charge in [0.25, 0.3) is 0 Å². The van der Waals surface area contributed by atoms with Crippen LogP contribution in [0.4, 0.5) is 0 Å². The van der Waals surface area contributed by atoms with E-state index in [1.165, 1.54) is 11.8 Å². The number of nitrogens with two attached hydrogens (primary N) is 1. The highest BCUT2D eigenvalue weighted by molar-refractivity contribution is 5.98. The lowest BCUT2D eigenvalue weighted by atomic mass is 10.0. The summed E-state index contributed by atoms with van der Waals surface area (Å²) < 4.78 is 0. The van der Waals surface area contributed by atoms with E-state index in [0.717, 1.165) is 6.42 Å². The highest BCUT2D eigenvalue weighted by Gasteiger charge is 2.41. The molecule has 7 atom stereocenters. The Morgan fingerprint density at radius 3 is 1.98 bits per heavy atom. The molecular weight excluding hydrogens is 590 g/mol. The Bertz CT molecular complexity index is 1110. The van der Waals surface area contributed by atoms with Gasteiger partial charge in [0.1, 0.15) is 30.2 Å². The van der Waals surface area contributed by atoms with Gasteiger partial charge in [0.15, 0.2) is 0 Å². The van der Waals surface area contributed by atoms with E-state index in [1.807, 2.05) is 0 Å². The molecule has 0 aliphatic carbocycles. The molecule has 0 spiro atoms. The minimum atomic E-state index is -1.60. The minimum absolute atomic E-state index is 0.0834. The van der Waals surface area contributed by atoms with Crippen molar-refractivity contribution in [3.05, 3.63) is 0 Å². The number of nitrogens with one attached hydrogen (secondary N) is 5. The molecule has 16 heteroatoms. The highest BCUT2D eigenvalue weighted by atomic mass is 16.4. The second kappa shape index (κ2) is 17.1. The lowest BCUT2D eigenvalue weighted by Gasteiger charge is -2.32. The number of carboxylic acids is 1. The minimum Gasteiger partial charge on any atom is -0.480 e. The summed E-state index contributed by atoms with van der Waals surface area (Å²) in [5.41, 5.74) is 5.26. The van der Waals surface area contributed by atoms with Gasteiger partial charge in [0, 0.05) is 6.54 Å². The van der Waals surface area contributed by atoms with Crippen molar-refractivity contribution in [2.45, 2.75) is 115 Å². The third kappa shape index (κ3) is 11.0. The van der Waals surface area contributed by atoms with E-state index in [4.69, 9.17) is 5.73 Å². The van der Waals surface area contributed by atoms with Crippen molar-refractivity contribution in [1.82, 2.24) is 31.5 Å². The first-order valence-corrected chi connectivity index (χ1v) is 15.5. The van der Waals surface area contributed by atoms with E-state index >= 15 is 0 Å². The fourth-order valence-corrected chi connectivity index (χ4v) is 5.45. The third-order valence-corrected chi connectivity index (χ3v) is 7.87. The standard InChI is InChI=1S/C29H49N7O9/c1-14(2)12-19(29(44)45)33-25(40)18(13-21(30)38)32-27(42)23(16(5)37)35-26(41)20-9-7-11-36(20)28(43)22(15(3)4)34-24(39)17-8-6-10-31-17/h14-20,22-23,31,37H,6-13H2,1-5H3,(H2,30,38)(H,32,42)(H,33,40)(H,34,39)(H,35,41)(H,44,45)/t16-,17+,18+,19+,20+,22+,23+/m1/s1. The second-order valence-electron chi connectivity index (χ2n) is 12.6. The number of aliphatic carboxylic acids is 1. The molecule has 16 nitrogen and oxygen atoms in total. The van der Waals surface area contributed by atoms with Gasteiger partial charge in [-0.25, -0.2) is 4.79 Å². The number of nitrogens with zero attached hydrogens (tertiary/aromatic N) is 1. The van der Waals surface area contributed by atoms with Gasteiger partial charge in [-0.1, -0.05) is 27.7 Å². The van der Waals surface area contributed by atoms with Gasteiger partial charge < -0.3 is 47.4 Å². The topological polar surface area (TPSA) is 249 Å². The number of carbonyl (C=O) groups is 7. The van der Waals surface area contributed by atoms with E-state index in [1.54, 1.807) is 27.7 Å². The van der Waals surface area contributed by atoms with Crippen LogP contribution < -0.4 is 32.3 Å². The Kier molecular flexibility index (Phi) is 14.2. The summed E-state index contributed by atoms with van der Waals surface area (Å²) in [6.45, 7) is 9.26. The number of rotatable bonds is 16. The maximum absolute atomic E-state index is 13.6. The summed E-state index contributed by atoms with van der Waals surface area (Å²) in [5.74, 6) is -6.11. The zero-order valence-corrected chi connectivity index (χ0v) is 26.6. The molecule has 2 fully saturated rings. The van der Waals surface area contributed by atoms with E-state index in [2.05, 4.69) is 26.6 Å². The van der Waals surface area contributed by atoms with Crippen LogP contribution in [-0.2, 0) is 33.6 Å². The van der Waals surface area contributed by atoms with E-state index < -0.39 is 84.3 Å². The van der Waals surface area contributed by atoms with Crippen LogP contribution >= 0.6 is 0 Å². The smallest absolute Gasteiger partial charge is 0.326 e. The normalized spacial score (nSPS) is 21.4. The van der Waals surface area contributed by atoms with Crippen molar-refractivity contribution in [3.8, 4) is 0 Å². The number of aliphatic hydroxyl groups is 1. The maximum atomic E-state index is 13.6. The lowest BCUT2D eigenvalue weighted by Crippen LogP contribution is -2.61. The summed E-state index contributed by atoms with van der Waals surface area (Å²) in [6, 6.07) is -6.76. The van der Waals surface area contributed by atoms with Crippen LogP contribution in [0.2, 0.25) is 0 Å². The number of aliphatic hydroxyl groups excluding tert-OH is 1. The molecule has 0 unspecified atom stereocenters. The van der Waals surface area contributed by atoms with Crippen LogP contribution in [0.5, 0.6) is 0 Å². The van der Waals surface area contributed by atoms with Gasteiger partial charge in [-0.3, -0.25) is 28.8 Å².